The normalized spacial score (nSPS) is 11.3. The summed E-state index contributed by atoms with van der Waals surface area (Å²) in [7, 11) is 1.28. The Hall–Kier alpha value is -3.30. The third-order valence-corrected chi connectivity index (χ3v) is 4.76. The van der Waals surface area contributed by atoms with Crippen molar-refractivity contribution >= 4 is 24.1 Å². The first-order valence-electron chi connectivity index (χ1n) is 11.2. The minimum atomic E-state index is -0.641. The number of nitrogens with zero attached hydrogens (tertiary/aromatic N) is 1. The third kappa shape index (κ3) is 10.5. The Labute approximate surface area is 201 Å². The van der Waals surface area contributed by atoms with Crippen LogP contribution in [0.15, 0.2) is 24.3 Å². The molecule has 0 aromatic heterocycles. The molecule has 0 radical (unpaired) electrons. The summed E-state index contributed by atoms with van der Waals surface area (Å²) in [6.07, 6.45) is -0.512. The Morgan fingerprint density at radius 2 is 1.29 bits per heavy atom. The molecule has 0 atom stereocenters. The molecule has 2 N–H and O–H groups in total. The molecular weight excluding hydrogens is 442 g/mol. The van der Waals surface area contributed by atoms with Crippen molar-refractivity contribution in [2.45, 2.75) is 59.2 Å². The largest absolute Gasteiger partial charge is 0.465 e. The number of benzene rings is 1. The van der Waals surface area contributed by atoms with Crippen LogP contribution in [0.2, 0.25) is 0 Å². The highest BCUT2D eigenvalue weighted by molar-refractivity contribution is 5.96. The van der Waals surface area contributed by atoms with E-state index in [1.54, 1.807) is 20.8 Å². The van der Waals surface area contributed by atoms with Crippen LogP contribution in [0.5, 0.6) is 0 Å². The van der Waals surface area contributed by atoms with Gasteiger partial charge < -0.3 is 29.7 Å². The number of esters is 1. The average molecular weight is 480 g/mol. The van der Waals surface area contributed by atoms with Crippen LogP contribution < -0.4 is 10.6 Å². The number of carbonyl (C=O) groups excluding carboxylic acids is 4. The molecule has 10 heteroatoms. The van der Waals surface area contributed by atoms with Crippen LogP contribution in [0, 0.1) is 0 Å². The lowest BCUT2D eigenvalue weighted by atomic mass is 10.1. The highest BCUT2D eigenvalue weighted by atomic mass is 16.6. The lowest BCUT2D eigenvalue weighted by Gasteiger charge is -2.26. The number of carbonyl (C=O) groups is 4. The molecule has 0 fully saturated rings. The van der Waals surface area contributed by atoms with Crippen LogP contribution in [0.4, 0.5) is 9.59 Å². The number of rotatable bonds is 10. The van der Waals surface area contributed by atoms with E-state index in [-0.39, 0.29) is 32.1 Å². The fourth-order valence-corrected chi connectivity index (χ4v) is 2.62. The van der Waals surface area contributed by atoms with E-state index in [1.807, 2.05) is 20.8 Å². The number of hydrogen-bond acceptors (Lipinski definition) is 7. The van der Waals surface area contributed by atoms with Gasteiger partial charge in [0, 0.05) is 31.7 Å². The van der Waals surface area contributed by atoms with E-state index in [2.05, 4.69) is 15.4 Å². The Bertz CT molecular complexity index is 845. The Kier molecular flexibility index (Phi) is 10.8. The van der Waals surface area contributed by atoms with Crippen LogP contribution in [0.3, 0.4) is 0 Å². The van der Waals surface area contributed by atoms with Crippen molar-refractivity contribution < 1.29 is 33.4 Å². The van der Waals surface area contributed by atoms with Gasteiger partial charge in [0.05, 0.1) is 12.7 Å². The number of methoxy groups -OCH3 is 1. The number of amides is 3. The molecule has 0 unspecified atom stereocenters. The maximum Gasteiger partial charge on any atom is 0.407 e. The van der Waals surface area contributed by atoms with Crippen molar-refractivity contribution in [1.29, 1.82) is 0 Å². The van der Waals surface area contributed by atoms with E-state index >= 15 is 0 Å². The van der Waals surface area contributed by atoms with E-state index < -0.39 is 29.4 Å². The Balaban J connectivity index is 2.81. The summed E-state index contributed by atoms with van der Waals surface area (Å²) in [5, 5.41) is 5.26. The first kappa shape index (κ1) is 28.7. The molecule has 34 heavy (non-hydrogen) atoms. The zero-order valence-electron chi connectivity index (χ0n) is 21.1. The lowest BCUT2D eigenvalue weighted by molar-refractivity contribution is 0.0356. The fourth-order valence-electron chi connectivity index (χ4n) is 2.62. The maximum absolute atomic E-state index is 13.1. The van der Waals surface area contributed by atoms with Crippen LogP contribution in [-0.4, -0.2) is 73.5 Å². The van der Waals surface area contributed by atoms with Gasteiger partial charge in [0.15, 0.2) is 0 Å². The van der Waals surface area contributed by atoms with Gasteiger partial charge >= 0.3 is 18.2 Å². The van der Waals surface area contributed by atoms with Crippen molar-refractivity contribution in [2.75, 3.05) is 33.3 Å². The van der Waals surface area contributed by atoms with E-state index in [1.165, 1.54) is 36.3 Å². The molecule has 1 aromatic carbocycles. The summed E-state index contributed by atoms with van der Waals surface area (Å²) >= 11 is 0. The minimum absolute atomic E-state index is 0.147. The summed E-state index contributed by atoms with van der Waals surface area (Å²) in [5.41, 5.74) is -0.574. The molecule has 190 valence electrons. The van der Waals surface area contributed by atoms with Gasteiger partial charge in [-0.1, -0.05) is 6.92 Å². The summed E-state index contributed by atoms with van der Waals surface area (Å²) in [6, 6.07) is 6.04. The second-order valence-electron chi connectivity index (χ2n) is 9.22. The number of hydrogen-bond donors (Lipinski definition) is 2. The first-order chi connectivity index (χ1) is 15.8. The topological polar surface area (TPSA) is 123 Å². The maximum atomic E-state index is 13.1. The summed E-state index contributed by atoms with van der Waals surface area (Å²) in [6.45, 7) is 11.4. The SMILES string of the molecule is CCC(C)(C)OC(=O)NCCN(CCNC(=O)OC(C)(C)C)C(=O)c1ccc(C(=O)OC)cc1. The van der Waals surface area contributed by atoms with E-state index in [9.17, 15) is 19.2 Å². The van der Waals surface area contributed by atoms with Crippen molar-refractivity contribution in [3.05, 3.63) is 35.4 Å². The van der Waals surface area contributed by atoms with Crippen LogP contribution in [-0.2, 0) is 14.2 Å². The van der Waals surface area contributed by atoms with Gasteiger partial charge in [-0.2, -0.15) is 0 Å². The molecule has 0 saturated heterocycles. The molecule has 0 saturated carbocycles. The lowest BCUT2D eigenvalue weighted by Crippen LogP contribution is -2.44. The molecular formula is C24H37N3O7. The summed E-state index contributed by atoms with van der Waals surface area (Å²) in [4.78, 5) is 50.2. The first-order valence-corrected chi connectivity index (χ1v) is 11.2. The predicted molar refractivity (Wildman–Crippen MR) is 127 cm³/mol. The third-order valence-electron chi connectivity index (χ3n) is 4.76. The van der Waals surface area contributed by atoms with E-state index in [0.29, 0.717) is 17.5 Å². The predicted octanol–water partition coefficient (Wildman–Crippen LogP) is 3.35. The van der Waals surface area contributed by atoms with E-state index in [0.717, 1.165) is 0 Å². The van der Waals surface area contributed by atoms with Gasteiger partial charge in [-0.25, -0.2) is 14.4 Å². The smallest absolute Gasteiger partial charge is 0.407 e. The van der Waals surface area contributed by atoms with Crippen LogP contribution >= 0.6 is 0 Å². The minimum Gasteiger partial charge on any atom is -0.465 e. The highest BCUT2D eigenvalue weighted by Gasteiger charge is 2.22. The Morgan fingerprint density at radius 1 is 0.824 bits per heavy atom. The highest BCUT2D eigenvalue weighted by Crippen LogP contribution is 2.13. The standard InChI is InChI=1S/C24H37N3O7/c1-8-24(5,6)34-22(31)26-14-16-27(15-13-25-21(30)33-23(2,3)4)19(28)17-9-11-18(12-10-17)20(29)32-7/h9-12H,8,13-16H2,1-7H3,(H,25,30)(H,26,31). The van der Waals surface area contributed by atoms with Crippen molar-refractivity contribution in [3.63, 3.8) is 0 Å². The van der Waals surface area contributed by atoms with Gasteiger partial charge in [-0.3, -0.25) is 4.79 Å². The molecule has 10 nitrogen and oxygen atoms in total. The molecule has 0 aliphatic rings. The molecule has 1 rings (SSSR count). The molecule has 0 heterocycles. The van der Waals surface area contributed by atoms with Crippen LogP contribution in [0.25, 0.3) is 0 Å². The second-order valence-corrected chi connectivity index (χ2v) is 9.22. The quantitative estimate of drug-likeness (QED) is 0.390. The molecule has 0 aliphatic carbocycles. The van der Waals surface area contributed by atoms with Crippen molar-refractivity contribution in [1.82, 2.24) is 15.5 Å². The second kappa shape index (κ2) is 12.8. The van der Waals surface area contributed by atoms with Crippen LogP contribution in [0.1, 0.15) is 68.7 Å². The van der Waals surface area contributed by atoms with Gasteiger partial charge in [-0.15, -0.1) is 0 Å². The zero-order chi connectivity index (χ0) is 25.9. The fraction of sp³-hybridized carbons (Fsp3) is 0.583. The molecule has 3 amide bonds. The summed E-state index contributed by atoms with van der Waals surface area (Å²) in [5.74, 6) is -0.832. The Morgan fingerprint density at radius 3 is 1.74 bits per heavy atom. The van der Waals surface area contributed by atoms with Crippen molar-refractivity contribution in [3.8, 4) is 0 Å². The molecule has 0 spiro atoms. The monoisotopic (exact) mass is 479 g/mol. The van der Waals surface area contributed by atoms with Crippen molar-refractivity contribution in [2.24, 2.45) is 0 Å². The average Bonchev–Trinajstić information content (AvgIpc) is 2.75. The molecule has 0 bridgehead atoms. The van der Waals surface area contributed by atoms with Gasteiger partial charge in [0.1, 0.15) is 11.2 Å². The number of ether oxygens (including phenoxy) is 3. The van der Waals surface area contributed by atoms with Gasteiger partial charge in [-0.05, 0) is 65.3 Å². The van der Waals surface area contributed by atoms with Gasteiger partial charge in [0.2, 0.25) is 0 Å². The number of nitrogens with one attached hydrogen (secondary N) is 2. The zero-order valence-corrected chi connectivity index (χ0v) is 21.1. The number of alkyl carbamates (subject to hydrolysis) is 2. The summed E-state index contributed by atoms with van der Waals surface area (Å²) < 4.78 is 15.2. The molecule has 1 aromatic rings. The van der Waals surface area contributed by atoms with E-state index in [4.69, 9.17) is 9.47 Å². The van der Waals surface area contributed by atoms with Gasteiger partial charge in [0.25, 0.3) is 5.91 Å². The molecule has 0 aliphatic heterocycles.